The molecule has 21 heavy (non-hydrogen) atoms. The minimum absolute atomic E-state index is 0.272. The zero-order valence-electron chi connectivity index (χ0n) is 12.4. The molecular formula is C18H18FNO. The van der Waals surface area contributed by atoms with E-state index in [0.717, 1.165) is 22.1 Å². The molecule has 3 heteroatoms. The molecule has 1 atom stereocenters. The molecule has 0 aliphatic carbocycles. The van der Waals surface area contributed by atoms with Crippen molar-refractivity contribution in [1.29, 1.82) is 0 Å². The molecular weight excluding hydrogens is 265 g/mol. The van der Waals surface area contributed by atoms with E-state index < -0.39 is 0 Å². The molecule has 2 N–H and O–H groups in total. The first-order chi connectivity index (χ1) is 9.95. The Balaban J connectivity index is 2.10. The number of hydrogen-bond donors (Lipinski definition) is 1. The lowest BCUT2D eigenvalue weighted by Gasteiger charge is -2.16. The fourth-order valence-corrected chi connectivity index (χ4v) is 3.01. The summed E-state index contributed by atoms with van der Waals surface area (Å²) in [7, 11) is 0. The Morgan fingerprint density at radius 1 is 1.00 bits per heavy atom. The van der Waals surface area contributed by atoms with Crippen LogP contribution in [0.15, 0.2) is 40.8 Å². The molecule has 0 radical (unpaired) electrons. The van der Waals surface area contributed by atoms with Crippen LogP contribution in [0.4, 0.5) is 4.39 Å². The number of rotatable bonds is 2. The maximum atomic E-state index is 13.3. The van der Waals surface area contributed by atoms with Crippen LogP contribution < -0.4 is 5.73 Å². The zero-order valence-corrected chi connectivity index (χ0v) is 12.4. The predicted molar refractivity (Wildman–Crippen MR) is 82.9 cm³/mol. The van der Waals surface area contributed by atoms with E-state index in [0.29, 0.717) is 11.3 Å². The van der Waals surface area contributed by atoms with Crippen LogP contribution in [0.2, 0.25) is 0 Å². The van der Waals surface area contributed by atoms with Crippen molar-refractivity contribution in [2.45, 2.75) is 26.8 Å². The number of furan rings is 1. The van der Waals surface area contributed by atoms with Crippen LogP contribution >= 0.6 is 0 Å². The third kappa shape index (κ3) is 2.45. The number of nitrogens with two attached hydrogens (primary N) is 1. The van der Waals surface area contributed by atoms with Crippen molar-refractivity contribution in [3.8, 4) is 0 Å². The van der Waals surface area contributed by atoms with Gasteiger partial charge in [-0.2, -0.15) is 0 Å². The van der Waals surface area contributed by atoms with Crippen molar-refractivity contribution in [2.75, 3.05) is 0 Å². The summed E-state index contributed by atoms with van der Waals surface area (Å²) in [4.78, 5) is 0. The Morgan fingerprint density at radius 2 is 1.67 bits per heavy atom. The van der Waals surface area contributed by atoms with Gasteiger partial charge in [-0.3, -0.25) is 0 Å². The minimum atomic E-state index is -0.346. The Labute approximate surface area is 123 Å². The Bertz CT molecular complexity index is 796. The fourth-order valence-electron chi connectivity index (χ4n) is 3.01. The van der Waals surface area contributed by atoms with Crippen molar-refractivity contribution in [2.24, 2.45) is 5.73 Å². The van der Waals surface area contributed by atoms with Gasteiger partial charge in [0.25, 0.3) is 0 Å². The van der Waals surface area contributed by atoms with E-state index in [1.54, 1.807) is 6.07 Å². The van der Waals surface area contributed by atoms with Crippen LogP contribution in [0.3, 0.4) is 0 Å². The topological polar surface area (TPSA) is 39.2 Å². The molecule has 108 valence electrons. The van der Waals surface area contributed by atoms with E-state index in [4.69, 9.17) is 10.2 Å². The molecule has 1 aromatic heterocycles. The normalized spacial score (nSPS) is 12.8. The highest BCUT2D eigenvalue weighted by molar-refractivity contribution is 5.78. The Hall–Kier alpha value is -2.13. The lowest BCUT2D eigenvalue weighted by molar-refractivity contribution is 0.523. The van der Waals surface area contributed by atoms with Gasteiger partial charge in [0.2, 0.25) is 0 Å². The van der Waals surface area contributed by atoms with Gasteiger partial charge >= 0.3 is 0 Å². The molecule has 0 saturated carbocycles. The summed E-state index contributed by atoms with van der Waals surface area (Å²) in [5, 5.41) is 0.739. The monoisotopic (exact) mass is 283 g/mol. The highest BCUT2D eigenvalue weighted by Gasteiger charge is 2.18. The van der Waals surface area contributed by atoms with Crippen molar-refractivity contribution in [3.05, 3.63) is 70.2 Å². The van der Waals surface area contributed by atoms with Gasteiger partial charge < -0.3 is 10.2 Å². The summed E-state index contributed by atoms with van der Waals surface area (Å²) in [6.45, 7) is 6.17. The second-order valence-corrected chi connectivity index (χ2v) is 5.62. The molecule has 0 aliphatic heterocycles. The molecule has 0 bridgehead atoms. The first-order valence-corrected chi connectivity index (χ1v) is 6.98. The quantitative estimate of drug-likeness (QED) is 0.749. The molecule has 0 amide bonds. The summed E-state index contributed by atoms with van der Waals surface area (Å²) in [6.07, 6.45) is 0. The molecule has 2 aromatic carbocycles. The number of benzene rings is 2. The smallest absolute Gasteiger partial charge is 0.134 e. The van der Waals surface area contributed by atoms with E-state index in [1.807, 2.05) is 6.07 Å². The SMILES string of the molecule is Cc1cc(C)c(C(N)c2cc3cc(F)ccc3o2)c(C)c1. The van der Waals surface area contributed by atoms with Gasteiger partial charge in [-0.25, -0.2) is 4.39 Å². The van der Waals surface area contributed by atoms with Gasteiger partial charge in [0.1, 0.15) is 17.2 Å². The van der Waals surface area contributed by atoms with Crippen LogP contribution in [0, 0.1) is 26.6 Å². The lowest BCUT2D eigenvalue weighted by atomic mass is 9.93. The number of halogens is 1. The average molecular weight is 283 g/mol. The van der Waals surface area contributed by atoms with Gasteiger partial charge in [-0.1, -0.05) is 17.7 Å². The second kappa shape index (κ2) is 5.01. The average Bonchev–Trinajstić information content (AvgIpc) is 2.80. The van der Waals surface area contributed by atoms with Gasteiger partial charge in [-0.05, 0) is 61.7 Å². The maximum absolute atomic E-state index is 13.3. The molecule has 0 fully saturated rings. The minimum Gasteiger partial charge on any atom is -0.459 e. The van der Waals surface area contributed by atoms with Crippen LogP contribution in [0.1, 0.15) is 34.1 Å². The number of fused-ring (bicyclic) bond motifs is 1. The Morgan fingerprint density at radius 3 is 2.33 bits per heavy atom. The van der Waals surface area contributed by atoms with Crippen molar-refractivity contribution in [1.82, 2.24) is 0 Å². The molecule has 0 saturated heterocycles. The fraction of sp³-hybridized carbons (Fsp3) is 0.222. The van der Waals surface area contributed by atoms with E-state index in [2.05, 4.69) is 32.9 Å². The van der Waals surface area contributed by atoms with Crippen LogP contribution in [0.5, 0.6) is 0 Å². The summed E-state index contributed by atoms with van der Waals surface area (Å²) in [5.41, 5.74) is 11.6. The summed E-state index contributed by atoms with van der Waals surface area (Å²) in [5.74, 6) is 0.386. The number of hydrogen-bond acceptors (Lipinski definition) is 2. The molecule has 1 unspecified atom stereocenters. The van der Waals surface area contributed by atoms with Gasteiger partial charge in [0.05, 0.1) is 6.04 Å². The second-order valence-electron chi connectivity index (χ2n) is 5.62. The van der Waals surface area contributed by atoms with Gasteiger partial charge in [0.15, 0.2) is 0 Å². The molecule has 2 nitrogen and oxygen atoms in total. The van der Waals surface area contributed by atoms with E-state index in [1.165, 1.54) is 17.7 Å². The van der Waals surface area contributed by atoms with Gasteiger partial charge in [-0.15, -0.1) is 0 Å². The number of aryl methyl sites for hydroxylation is 3. The molecule has 1 heterocycles. The van der Waals surface area contributed by atoms with Crippen LogP contribution in [-0.4, -0.2) is 0 Å². The van der Waals surface area contributed by atoms with E-state index in [-0.39, 0.29) is 11.9 Å². The van der Waals surface area contributed by atoms with Crippen molar-refractivity contribution < 1.29 is 8.81 Å². The highest BCUT2D eigenvalue weighted by atomic mass is 19.1. The van der Waals surface area contributed by atoms with Crippen molar-refractivity contribution >= 4 is 11.0 Å². The maximum Gasteiger partial charge on any atom is 0.134 e. The summed E-state index contributed by atoms with van der Waals surface area (Å²) < 4.78 is 19.1. The first kappa shape index (κ1) is 13.8. The standard InChI is InChI=1S/C18H18FNO/c1-10-6-11(2)17(12(3)7-10)18(20)16-9-13-8-14(19)4-5-15(13)21-16/h4-9,18H,20H2,1-3H3. The highest BCUT2D eigenvalue weighted by Crippen LogP contribution is 2.31. The first-order valence-electron chi connectivity index (χ1n) is 6.98. The molecule has 0 spiro atoms. The van der Waals surface area contributed by atoms with Crippen molar-refractivity contribution in [3.63, 3.8) is 0 Å². The predicted octanol–water partition coefficient (Wildman–Crippen LogP) is 4.55. The molecule has 0 aliphatic rings. The third-order valence-corrected chi connectivity index (χ3v) is 3.85. The van der Waals surface area contributed by atoms with Crippen LogP contribution in [-0.2, 0) is 0 Å². The Kier molecular flexibility index (Phi) is 3.30. The van der Waals surface area contributed by atoms with E-state index >= 15 is 0 Å². The third-order valence-electron chi connectivity index (χ3n) is 3.85. The van der Waals surface area contributed by atoms with E-state index in [9.17, 15) is 4.39 Å². The lowest BCUT2D eigenvalue weighted by Crippen LogP contribution is -2.14. The largest absolute Gasteiger partial charge is 0.459 e. The molecule has 3 aromatic rings. The van der Waals surface area contributed by atoms with Crippen LogP contribution in [0.25, 0.3) is 11.0 Å². The van der Waals surface area contributed by atoms with Gasteiger partial charge in [0, 0.05) is 5.39 Å². The summed E-state index contributed by atoms with van der Waals surface area (Å²) >= 11 is 0. The molecule has 3 rings (SSSR count). The zero-order chi connectivity index (χ0) is 15.1. The summed E-state index contributed by atoms with van der Waals surface area (Å²) in [6, 6.07) is 10.2.